The highest BCUT2D eigenvalue weighted by molar-refractivity contribution is 9.10. The molecule has 14 heteroatoms. The van der Waals surface area contributed by atoms with Crippen molar-refractivity contribution in [2.45, 2.75) is 26.7 Å². The van der Waals surface area contributed by atoms with E-state index in [-0.39, 0.29) is 40.1 Å². The van der Waals surface area contributed by atoms with Gasteiger partial charge in [0.1, 0.15) is 6.54 Å². The number of carbonyl (C=O) groups is 5. The summed E-state index contributed by atoms with van der Waals surface area (Å²) >= 11 is 10.2. The van der Waals surface area contributed by atoms with Crippen molar-refractivity contribution in [3.8, 4) is 11.5 Å². The Morgan fingerprint density at radius 1 is 1.12 bits per heavy atom. The van der Waals surface area contributed by atoms with Crippen molar-refractivity contribution in [2.75, 3.05) is 38.8 Å². The number of carbonyl (C=O) groups excluding carboxylic acids is 5. The molecule has 3 amide bonds. The van der Waals surface area contributed by atoms with Crippen LogP contribution in [-0.4, -0.2) is 67.4 Å². The number of ether oxygens (including phenoxy) is 4. The molecule has 2 aromatic carbocycles. The molecular weight excluding hydrogens is 656 g/mol. The molecule has 42 heavy (non-hydrogen) atoms. The molecule has 1 aliphatic rings. The molecule has 2 aromatic rings. The third kappa shape index (κ3) is 8.73. The minimum atomic E-state index is -0.656. The van der Waals surface area contributed by atoms with Gasteiger partial charge in [0, 0.05) is 5.69 Å². The van der Waals surface area contributed by atoms with Crippen LogP contribution in [0.1, 0.15) is 42.6 Å². The molecule has 0 unspecified atom stereocenters. The Morgan fingerprint density at radius 3 is 2.57 bits per heavy atom. The maximum atomic E-state index is 13.0. The van der Waals surface area contributed by atoms with Gasteiger partial charge in [0.15, 0.2) is 18.1 Å². The van der Waals surface area contributed by atoms with Gasteiger partial charge in [-0.3, -0.25) is 19.3 Å². The van der Waals surface area contributed by atoms with Gasteiger partial charge in [0.05, 0.1) is 40.3 Å². The maximum Gasteiger partial charge on any atom is 0.343 e. The van der Waals surface area contributed by atoms with Gasteiger partial charge in [-0.05, 0) is 83.0 Å². The van der Waals surface area contributed by atoms with Crippen LogP contribution in [0.25, 0.3) is 6.08 Å². The van der Waals surface area contributed by atoms with Gasteiger partial charge in [0.25, 0.3) is 11.1 Å². The number of hydrogen-bond acceptors (Lipinski definition) is 10. The zero-order chi connectivity index (χ0) is 30.8. The number of thioether (sulfide) groups is 1. The molecule has 0 aromatic heterocycles. The molecule has 11 nitrogen and oxygen atoms in total. The number of hydrogen-bond donors (Lipinski definition) is 1. The SMILES string of the molecule is CCCCOC(=O)c1cc(NC(=O)CN2C(=O)S/C(=C\c3cc(Br)c(OCC(=O)OC)c(OCC)c3)C2=O)ccc1Cl. The number of methoxy groups -OCH3 is 1. The van der Waals surface area contributed by atoms with Crippen LogP contribution in [0.4, 0.5) is 10.5 Å². The quantitative estimate of drug-likeness (QED) is 0.159. The Kier molecular flexibility index (Phi) is 12.3. The number of benzene rings is 2. The lowest BCUT2D eigenvalue weighted by Crippen LogP contribution is -2.36. The molecule has 0 bridgehead atoms. The molecule has 3 rings (SSSR count). The standard InChI is InChI=1S/C28H28BrClN2O9S/c1-4-6-9-40-27(36)18-13-17(7-8-20(18)30)31-23(33)14-32-26(35)22(42-28(32)37)12-16-10-19(29)25(21(11-16)39-5-2)41-15-24(34)38-3/h7-8,10-13H,4-6,9,14-15H2,1-3H3,(H,31,33)/b22-12-. The molecular formula is C28H28BrClN2O9S. The van der Waals surface area contributed by atoms with Crippen molar-refractivity contribution in [3.63, 3.8) is 0 Å². The van der Waals surface area contributed by atoms with E-state index >= 15 is 0 Å². The maximum absolute atomic E-state index is 13.0. The zero-order valence-corrected chi connectivity index (χ0v) is 26.2. The summed E-state index contributed by atoms with van der Waals surface area (Å²) in [6.07, 6.45) is 3.04. The fourth-order valence-corrected chi connectivity index (χ4v) is 5.15. The van der Waals surface area contributed by atoms with Crippen molar-refractivity contribution in [2.24, 2.45) is 0 Å². The molecule has 0 spiro atoms. The number of imide groups is 1. The van der Waals surface area contributed by atoms with Gasteiger partial charge in [0.2, 0.25) is 5.91 Å². The van der Waals surface area contributed by atoms with E-state index in [0.717, 1.165) is 11.3 Å². The number of amides is 3. The normalized spacial score (nSPS) is 13.7. The fraction of sp³-hybridized carbons (Fsp3) is 0.321. The second-order valence-corrected chi connectivity index (χ2v) is 10.9. The lowest BCUT2D eigenvalue weighted by atomic mass is 10.1. The van der Waals surface area contributed by atoms with Crippen molar-refractivity contribution < 1.29 is 42.9 Å². The van der Waals surface area contributed by atoms with E-state index in [2.05, 4.69) is 26.0 Å². The van der Waals surface area contributed by atoms with Crippen LogP contribution in [0.15, 0.2) is 39.7 Å². The lowest BCUT2D eigenvalue weighted by Gasteiger charge is -2.14. The van der Waals surface area contributed by atoms with Crippen LogP contribution in [0, 0.1) is 0 Å². The first-order valence-electron chi connectivity index (χ1n) is 12.8. The first kappa shape index (κ1) is 33.0. The van der Waals surface area contributed by atoms with Crippen LogP contribution in [-0.2, 0) is 23.9 Å². The van der Waals surface area contributed by atoms with Crippen LogP contribution < -0.4 is 14.8 Å². The van der Waals surface area contributed by atoms with Crippen molar-refractivity contribution in [1.29, 1.82) is 0 Å². The highest BCUT2D eigenvalue weighted by atomic mass is 79.9. The molecule has 0 radical (unpaired) electrons. The number of esters is 2. The first-order valence-corrected chi connectivity index (χ1v) is 14.7. The average molecular weight is 684 g/mol. The van der Waals surface area contributed by atoms with E-state index in [1.54, 1.807) is 19.1 Å². The fourth-order valence-electron chi connectivity index (χ4n) is 3.54. The van der Waals surface area contributed by atoms with Gasteiger partial charge >= 0.3 is 11.9 Å². The van der Waals surface area contributed by atoms with E-state index in [4.69, 9.17) is 25.8 Å². The predicted molar refractivity (Wildman–Crippen MR) is 161 cm³/mol. The number of nitrogens with zero attached hydrogens (tertiary/aromatic N) is 1. The zero-order valence-electron chi connectivity index (χ0n) is 23.0. The van der Waals surface area contributed by atoms with Gasteiger partial charge in [-0.2, -0.15) is 0 Å². The van der Waals surface area contributed by atoms with E-state index in [0.29, 0.717) is 40.6 Å². The topological polar surface area (TPSA) is 138 Å². The summed E-state index contributed by atoms with van der Waals surface area (Å²) in [5, 5.41) is 2.11. The molecule has 1 aliphatic heterocycles. The summed E-state index contributed by atoms with van der Waals surface area (Å²) in [4.78, 5) is 63.1. The number of nitrogens with one attached hydrogen (secondary N) is 1. The van der Waals surface area contributed by atoms with Crippen molar-refractivity contribution in [1.82, 2.24) is 4.90 Å². The highest BCUT2D eigenvalue weighted by Crippen LogP contribution is 2.39. The summed E-state index contributed by atoms with van der Waals surface area (Å²) in [6, 6.07) is 7.52. The Balaban J connectivity index is 1.72. The van der Waals surface area contributed by atoms with Crippen LogP contribution in [0.5, 0.6) is 11.5 Å². The largest absolute Gasteiger partial charge is 0.490 e. The van der Waals surface area contributed by atoms with E-state index in [1.165, 1.54) is 31.4 Å². The van der Waals surface area contributed by atoms with Crippen LogP contribution >= 0.6 is 39.3 Å². The molecule has 0 aliphatic carbocycles. The number of unbranched alkanes of at least 4 members (excludes halogenated alkanes) is 1. The molecule has 0 saturated carbocycles. The molecule has 1 N–H and O–H groups in total. The number of halogens is 2. The minimum Gasteiger partial charge on any atom is -0.490 e. The summed E-state index contributed by atoms with van der Waals surface area (Å²) in [5.41, 5.74) is 0.835. The molecule has 1 saturated heterocycles. The third-order valence-corrected chi connectivity index (χ3v) is 7.39. The summed E-state index contributed by atoms with van der Waals surface area (Å²) in [5.74, 6) is -1.94. The number of rotatable bonds is 13. The first-order chi connectivity index (χ1) is 20.1. The van der Waals surface area contributed by atoms with Crippen LogP contribution in [0.3, 0.4) is 0 Å². The predicted octanol–water partition coefficient (Wildman–Crippen LogP) is 5.68. The third-order valence-electron chi connectivity index (χ3n) is 5.57. The van der Waals surface area contributed by atoms with Crippen molar-refractivity contribution >= 4 is 80.0 Å². The minimum absolute atomic E-state index is 0.0824. The summed E-state index contributed by atoms with van der Waals surface area (Å²) < 4.78 is 21.4. The Labute approximate surface area is 259 Å². The lowest BCUT2D eigenvalue weighted by molar-refractivity contribution is -0.143. The second kappa shape index (κ2) is 15.6. The molecule has 224 valence electrons. The Bertz CT molecular complexity index is 1420. The van der Waals surface area contributed by atoms with Gasteiger partial charge < -0.3 is 24.3 Å². The highest BCUT2D eigenvalue weighted by Gasteiger charge is 2.36. The summed E-state index contributed by atoms with van der Waals surface area (Å²) in [7, 11) is 1.24. The molecule has 1 fully saturated rings. The van der Waals surface area contributed by atoms with E-state index in [1.807, 2.05) is 6.92 Å². The monoisotopic (exact) mass is 682 g/mol. The van der Waals surface area contributed by atoms with E-state index in [9.17, 15) is 24.0 Å². The van der Waals surface area contributed by atoms with Crippen LogP contribution in [0.2, 0.25) is 5.02 Å². The second-order valence-electron chi connectivity index (χ2n) is 8.63. The summed E-state index contributed by atoms with van der Waals surface area (Å²) in [6.45, 7) is 3.39. The Hall–Kier alpha value is -3.55. The number of anilines is 1. The molecule has 1 heterocycles. The Morgan fingerprint density at radius 2 is 1.88 bits per heavy atom. The molecule has 0 atom stereocenters. The smallest absolute Gasteiger partial charge is 0.343 e. The van der Waals surface area contributed by atoms with Crippen molar-refractivity contribution in [3.05, 3.63) is 55.9 Å². The van der Waals surface area contributed by atoms with Gasteiger partial charge in [-0.1, -0.05) is 24.9 Å². The van der Waals surface area contributed by atoms with Gasteiger partial charge in [-0.25, -0.2) is 9.59 Å². The average Bonchev–Trinajstić information content (AvgIpc) is 3.20. The van der Waals surface area contributed by atoms with E-state index < -0.39 is 35.5 Å². The van der Waals surface area contributed by atoms with Gasteiger partial charge in [-0.15, -0.1) is 0 Å².